The van der Waals surface area contributed by atoms with E-state index < -0.39 is 0 Å². The number of ether oxygens (including phenoxy) is 1. The van der Waals surface area contributed by atoms with Gasteiger partial charge in [-0.1, -0.05) is 12.1 Å². The molecule has 1 unspecified atom stereocenters. The van der Waals surface area contributed by atoms with Gasteiger partial charge in [-0.15, -0.1) is 0 Å². The minimum Gasteiger partial charge on any atom is -0.497 e. The fraction of sp³-hybridized carbons (Fsp3) is 0.200. The average molecular weight is 338 g/mol. The summed E-state index contributed by atoms with van der Waals surface area (Å²) < 4.78 is 18.2. The number of pyridine rings is 1. The number of carbonyl (C=O) groups is 1. The second kappa shape index (κ2) is 6.89. The number of aromatic nitrogens is 1. The van der Waals surface area contributed by atoms with E-state index in [1.54, 1.807) is 26.2 Å². The summed E-state index contributed by atoms with van der Waals surface area (Å²) in [5.74, 6) is 0.216. The van der Waals surface area contributed by atoms with Gasteiger partial charge in [0.1, 0.15) is 11.6 Å². The fourth-order valence-corrected chi connectivity index (χ4v) is 2.71. The molecule has 0 radical (unpaired) electrons. The van der Waals surface area contributed by atoms with Gasteiger partial charge in [-0.05, 0) is 49.7 Å². The molecule has 1 aromatic heterocycles. The number of fused-ring (bicyclic) bond motifs is 1. The molecule has 1 atom stereocenters. The van der Waals surface area contributed by atoms with Crippen molar-refractivity contribution in [1.29, 1.82) is 0 Å². The van der Waals surface area contributed by atoms with E-state index in [-0.39, 0.29) is 17.8 Å². The van der Waals surface area contributed by atoms with Gasteiger partial charge >= 0.3 is 0 Å². The first-order chi connectivity index (χ1) is 12.0. The van der Waals surface area contributed by atoms with Crippen LogP contribution in [0.1, 0.15) is 34.6 Å². The number of nitrogens with zero attached hydrogens (tertiary/aromatic N) is 1. The molecule has 3 aromatic rings. The number of halogens is 1. The number of methoxy groups -OCH3 is 1. The van der Waals surface area contributed by atoms with Crippen molar-refractivity contribution in [3.63, 3.8) is 0 Å². The van der Waals surface area contributed by atoms with Crippen molar-refractivity contribution in [3.05, 3.63) is 71.2 Å². The Balaban J connectivity index is 1.86. The molecule has 1 heterocycles. The van der Waals surface area contributed by atoms with Gasteiger partial charge in [0.05, 0.1) is 29.9 Å². The summed E-state index contributed by atoms with van der Waals surface area (Å²) in [7, 11) is 1.60. The topological polar surface area (TPSA) is 51.2 Å². The first kappa shape index (κ1) is 16.9. The molecule has 0 spiro atoms. The summed E-state index contributed by atoms with van der Waals surface area (Å²) >= 11 is 0. The number of carbonyl (C=O) groups excluding carboxylic acids is 1. The van der Waals surface area contributed by atoms with E-state index in [0.29, 0.717) is 11.3 Å². The molecule has 0 saturated carbocycles. The van der Waals surface area contributed by atoms with Gasteiger partial charge in [0.2, 0.25) is 0 Å². The first-order valence-corrected chi connectivity index (χ1v) is 7.99. The van der Waals surface area contributed by atoms with Crippen LogP contribution < -0.4 is 10.1 Å². The van der Waals surface area contributed by atoms with Crippen LogP contribution in [0.4, 0.5) is 4.39 Å². The van der Waals surface area contributed by atoms with E-state index >= 15 is 0 Å². The highest BCUT2D eigenvalue weighted by molar-refractivity contribution is 5.99. The van der Waals surface area contributed by atoms with Crippen molar-refractivity contribution in [3.8, 4) is 5.75 Å². The van der Waals surface area contributed by atoms with E-state index in [2.05, 4.69) is 10.3 Å². The summed E-state index contributed by atoms with van der Waals surface area (Å²) in [6, 6.07) is 13.2. The highest BCUT2D eigenvalue weighted by atomic mass is 19.1. The van der Waals surface area contributed by atoms with Crippen LogP contribution in [0.25, 0.3) is 10.9 Å². The van der Waals surface area contributed by atoms with Crippen LogP contribution in [0.2, 0.25) is 0 Å². The zero-order chi connectivity index (χ0) is 18.0. The zero-order valence-corrected chi connectivity index (χ0v) is 14.3. The molecule has 0 aliphatic carbocycles. The Morgan fingerprint density at radius 2 is 1.88 bits per heavy atom. The van der Waals surface area contributed by atoms with Gasteiger partial charge in [-0.25, -0.2) is 4.39 Å². The Bertz CT molecular complexity index is 923. The SMILES string of the molecule is COc1ccc2cc(C(=O)NC(C)c3ccc(F)cc3)c(C)nc2c1. The second-order valence-corrected chi connectivity index (χ2v) is 5.93. The Labute approximate surface area is 145 Å². The van der Waals surface area contributed by atoms with Crippen molar-refractivity contribution in [2.24, 2.45) is 0 Å². The molecule has 5 heteroatoms. The minimum atomic E-state index is -0.299. The van der Waals surface area contributed by atoms with Gasteiger partial charge in [-0.3, -0.25) is 9.78 Å². The number of hydrogen-bond donors (Lipinski definition) is 1. The first-order valence-electron chi connectivity index (χ1n) is 7.99. The molecule has 0 fully saturated rings. The molecular weight excluding hydrogens is 319 g/mol. The predicted molar refractivity (Wildman–Crippen MR) is 95.3 cm³/mol. The van der Waals surface area contributed by atoms with Crippen LogP contribution in [-0.2, 0) is 0 Å². The number of amides is 1. The molecule has 0 aliphatic rings. The normalized spacial score (nSPS) is 12.0. The van der Waals surface area contributed by atoms with Crippen LogP contribution in [0.5, 0.6) is 5.75 Å². The summed E-state index contributed by atoms with van der Waals surface area (Å²) in [5.41, 5.74) is 2.78. The maximum Gasteiger partial charge on any atom is 0.253 e. The van der Waals surface area contributed by atoms with Crippen molar-refractivity contribution in [2.75, 3.05) is 7.11 Å². The maximum absolute atomic E-state index is 13.0. The smallest absolute Gasteiger partial charge is 0.253 e. The Hall–Kier alpha value is -2.95. The fourth-order valence-electron chi connectivity index (χ4n) is 2.71. The molecule has 1 amide bonds. The third-order valence-electron chi connectivity index (χ3n) is 4.18. The summed E-state index contributed by atoms with van der Waals surface area (Å²) in [6.07, 6.45) is 0. The standard InChI is InChI=1S/C20H19FN2O2/c1-12(14-4-7-16(21)8-5-14)23-20(24)18-10-15-6-9-17(25-3)11-19(15)22-13(18)2/h4-12H,1-3H3,(H,23,24). The molecule has 0 aliphatic heterocycles. The Morgan fingerprint density at radius 1 is 1.16 bits per heavy atom. The lowest BCUT2D eigenvalue weighted by atomic mass is 10.1. The molecular formula is C20H19FN2O2. The summed E-state index contributed by atoms with van der Waals surface area (Å²) in [6.45, 7) is 3.66. The molecule has 1 N–H and O–H groups in total. The molecule has 0 saturated heterocycles. The number of hydrogen-bond acceptors (Lipinski definition) is 3. The van der Waals surface area contributed by atoms with Crippen molar-refractivity contribution < 1.29 is 13.9 Å². The van der Waals surface area contributed by atoms with Gasteiger partial charge in [-0.2, -0.15) is 0 Å². The lowest BCUT2D eigenvalue weighted by Crippen LogP contribution is -2.27. The van der Waals surface area contributed by atoms with Gasteiger partial charge in [0, 0.05) is 11.5 Å². The maximum atomic E-state index is 13.0. The van der Waals surface area contributed by atoms with Crippen molar-refractivity contribution >= 4 is 16.8 Å². The van der Waals surface area contributed by atoms with E-state index in [1.807, 2.05) is 31.2 Å². The monoisotopic (exact) mass is 338 g/mol. The molecule has 2 aromatic carbocycles. The van der Waals surface area contributed by atoms with Gasteiger partial charge < -0.3 is 10.1 Å². The lowest BCUT2D eigenvalue weighted by Gasteiger charge is -2.15. The third kappa shape index (κ3) is 3.60. The van der Waals surface area contributed by atoms with E-state index in [0.717, 1.165) is 22.2 Å². The average Bonchev–Trinajstić information content (AvgIpc) is 2.60. The molecule has 128 valence electrons. The van der Waals surface area contributed by atoms with E-state index in [4.69, 9.17) is 4.74 Å². The predicted octanol–water partition coefficient (Wildman–Crippen LogP) is 4.18. The van der Waals surface area contributed by atoms with Crippen molar-refractivity contribution in [2.45, 2.75) is 19.9 Å². The molecule has 3 rings (SSSR count). The molecule has 25 heavy (non-hydrogen) atoms. The summed E-state index contributed by atoms with van der Waals surface area (Å²) in [5, 5.41) is 3.80. The van der Waals surface area contributed by atoms with Crippen LogP contribution in [0.3, 0.4) is 0 Å². The Kier molecular flexibility index (Phi) is 4.65. The highest BCUT2D eigenvalue weighted by Crippen LogP contribution is 2.22. The number of nitrogens with one attached hydrogen (secondary N) is 1. The molecule has 0 bridgehead atoms. The highest BCUT2D eigenvalue weighted by Gasteiger charge is 2.15. The van der Waals surface area contributed by atoms with E-state index in [1.165, 1.54) is 12.1 Å². The third-order valence-corrected chi connectivity index (χ3v) is 4.18. The van der Waals surface area contributed by atoms with Crippen LogP contribution in [0.15, 0.2) is 48.5 Å². The second-order valence-electron chi connectivity index (χ2n) is 5.93. The summed E-state index contributed by atoms with van der Waals surface area (Å²) in [4.78, 5) is 17.1. The van der Waals surface area contributed by atoms with Crippen LogP contribution in [-0.4, -0.2) is 18.0 Å². The Morgan fingerprint density at radius 3 is 2.56 bits per heavy atom. The largest absolute Gasteiger partial charge is 0.497 e. The number of rotatable bonds is 4. The number of benzene rings is 2. The zero-order valence-electron chi connectivity index (χ0n) is 14.3. The minimum absolute atomic E-state index is 0.209. The number of aryl methyl sites for hydroxylation is 1. The molecule has 4 nitrogen and oxygen atoms in total. The van der Waals surface area contributed by atoms with Gasteiger partial charge in [0.15, 0.2) is 0 Å². The van der Waals surface area contributed by atoms with Crippen molar-refractivity contribution in [1.82, 2.24) is 10.3 Å². The quantitative estimate of drug-likeness (QED) is 0.776. The van der Waals surface area contributed by atoms with Crippen LogP contribution >= 0.6 is 0 Å². The lowest BCUT2D eigenvalue weighted by molar-refractivity contribution is 0.0939. The van der Waals surface area contributed by atoms with Crippen LogP contribution in [0, 0.1) is 12.7 Å². The van der Waals surface area contributed by atoms with E-state index in [9.17, 15) is 9.18 Å². The van der Waals surface area contributed by atoms with Gasteiger partial charge in [0.25, 0.3) is 5.91 Å².